The summed E-state index contributed by atoms with van der Waals surface area (Å²) < 4.78 is 35.4. The van der Waals surface area contributed by atoms with E-state index < -0.39 is 52.5 Å². The molecule has 498 valence electrons. The third kappa shape index (κ3) is 18.5. The molecule has 9 aromatic rings. The molecule has 0 radical (unpaired) electrons. The van der Waals surface area contributed by atoms with Crippen LogP contribution in [0.2, 0.25) is 15.1 Å². The van der Waals surface area contributed by atoms with Gasteiger partial charge in [0.05, 0.1) is 64.7 Å². The number of benzene rings is 6. The Labute approximate surface area is 566 Å². The van der Waals surface area contributed by atoms with Gasteiger partial charge in [0.15, 0.2) is 11.8 Å². The van der Waals surface area contributed by atoms with E-state index in [9.17, 15) is 29.8 Å². The molecule has 0 fully saturated rings. The van der Waals surface area contributed by atoms with Crippen LogP contribution in [-0.4, -0.2) is 82.3 Å². The maximum atomic E-state index is 12.9. The summed E-state index contributed by atoms with van der Waals surface area (Å²) in [4.78, 5) is 46.0. The lowest BCUT2D eigenvalue weighted by Crippen LogP contribution is -2.32. The number of ether oxygens (including phenoxy) is 6. The van der Waals surface area contributed by atoms with Crippen molar-refractivity contribution >= 4 is 85.4 Å². The number of methoxy groups -OCH3 is 2. The number of aryl methyl sites for hydroxylation is 4. The lowest BCUT2D eigenvalue weighted by molar-refractivity contribution is -0.584. The average Bonchev–Trinajstić information content (AvgIpc) is 0.768. The van der Waals surface area contributed by atoms with Crippen LogP contribution in [0.15, 0.2) is 127 Å². The Kier molecular flexibility index (Phi) is 23.9. The first-order valence-corrected chi connectivity index (χ1v) is 32.0. The van der Waals surface area contributed by atoms with Crippen molar-refractivity contribution in [3.63, 3.8) is 0 Å². The van der Waals surface area contributed by atoms with Crippen LogP contribution >= 0.6 is 34.8 Å². The Morgan fingerprint density at radius 1 is 0.543 bits per heavy atom. The highest BCUT2D eigenvalue weighted by Gasteiger charge is 2.34. The number of fused-ring (bicyclic) bond motifs is 3. The number of aliphatic hydroxyl groups is 1. The van der Waals surface area contributed by atoms with Gasteiger partial charge in [-0.1, -0.05) is 77.3 Å². The zero-order valence-corrected chi connectivity index (χ0v) is 59.2. The number of rotatable bonds is 16. The Morgan fingerprint density at radius 2 is 0.968 bits per heavy atom. The average molecular weight is 1340 g/mol. The number of aliphatic carboxylic acids is 1. The van der Waals surface area contributed by atoms with E-state index in [0.29, 0.717) is 60.5 Å². The number of nitrogens with zero attached hydrogens (tertiary/aromatic N) is 3. The highest BCUT2D eigenvalue weighted by atomic mass is 35.5. The summed E-state index contributed by atoms with van der Waals surface area (Å²) in [6.45, 7) is 30.8. The predicted octanol–water partition coefficient (Wildman–Crippen LogP) is 18.3. The number of hydrogen-bond donors (Lipinski definition) is 2. The van der Waals surface area contributed by atoms with Gasteiger partial charge in [-0.05, 0) is 232 Å². The molecule has 0 saturated carbocycles. The monoisotopic (exact) mass is 1340 g/mol. The summed E-state index contributed by atoms with van der Waals surface area (Å²) in [5.41, 5.74) is 11.7. The molecule has 0 unspecified atom stereocenters. The summed E-state index contributed by atoms with van der Waals surface area (Å²) in [6, 6.07) is 39.2. The molecule has 18 heteroatoms. The summed E-state index contributed by atoms with van der Waals surface area (Å²) in [6.07, 6.45) is -2.19. The Hall–Kier alpha value is -7.57. The number of carbonyl (C=O) groups excluding carboxylic acids is 2. The minimum absolute atomic E-state index is 0.0591. The van der Waals surface area contributed by atoms with E-state index >= 15 is 0 Å². The van der Waals surface area contributed by atoms with Crippen molar-refractivity contribution in [2.75, 3.05) is 27.4 Å². The van der Waals surface area contributed by atoms with Crippen molar-refractivity contribution in [3.05, 3.63) is 198 Å². The van der Waals surface area contributed by atoms with Crippen LogP contribution in [0.25, 0.3) is 66.1 Å². The maximum Gasteiger partial charge on any atom is 0.356 e. The first-order valence-electron chi connectivity index (χ1n) is 30.9. The number of carboxylic acids is 1. The van der Waals surface area contributed by atoms with Crippen LogP contribution in [0.4, 0.5) is 0 Å². The SMILES string of the molecule is COC(=O)c1ccc2c(-c3ccc(Cl)cc3)c([C@H](OC(C)(C)C)C(=O)O)c(C)cc2n1.COCc1ccc2c(-c3ccc(Cl)cc3)c([C@@H](CO)OC(C)(C)C)c(C)cc2n1.Cc1cc2c(ccc(C)[n+]2[O-])c(-c2ccc(Cl)cc2)c1[C@@H](COC(=O)C(C)(C)C)OC(C)(C)C. The molecule has 0 amide bonds. The molecule has 0 aliphatic heterocycles. The number of carbonyl (C=O) groups is 3. The van der Waals surface area contributed by atoms with Gasteiger partial charge >= 0.3 is 17.9 Å². The minimum Gasteiger partial charge on any atom is -0.618 e. The van der Waals surface area contributed by atoms with Crippen molar-refractivity contribution in [2.24, 2.45) is 5.41 Å². The number of aromatic nitrogens is 3. The van der Waals surface area contributed by atoms with Gasteiger partial charge in [-0.3, -0.25) is 9.78 Å². The van der Waals surface area contributed by atoms with Crippen LogP contribution in [-0.2, 0) is 44.6 Å². The molecule has 3 heterocycles. The summed E-state index contributed by atoms with van der Waals surface area (Å²) in [5.74, 6) is -1.93. The molecule has 0 aliphatic carbocycles. The molecule has 0 saturated heterocycles. The first-order chi connectivity index (χ1) is 43.9. The van der Waals surface area contributed by atoms with Crippen LogP contribution < -0.4 is 4.73 Å². The minimum atomic E-state index is -1.20. The van der Waals surface area contributed by atoms with E-state index in [1.54, 1.807) is 44.4 Å². The van der Waals surface area contributed by atoms with Gasteiger partial charge in [0, 0.05) is 63.1 Å². The van der Waals surface area contributed by atoms with Gasteiger partial charge < -0.3 is 43.8 Å². The van der Waals surface area contributed by atoms with E-state index in [1.807, 2.05) is 189 Å². The van der Waals surface area contributed by atoms with Crippen LogP contribution in [0, 0.1) is 38.3 Å². The van der Waals surface area contributed by atoms with Gasteiger partial charge in [0.1, 0.15) is 24.5 Å². The van der Waals surface area contributed by atoms with Crippen molar-refractivity contribution in [2.45, 2.75) is 153 Å². The third-order valence-corrected chi connectivity index (χ3v) is 15.7. The van der Waals surface area contributed by atoms with Crippen molar-refractivity contribution < 1.29 is 57.7 Å². The van der Waals surface area contributed by atoms with Crippen LogP contribution in [0.5, 0.6) is 0 Å². The topological polar surface area (TPSA) is 200 Å². The largest absolute Gasteiger partial charge is 0.618 e. The molecule has 9 rings (SSSR count). The number of hydrogen-bond acceptors (Lipinski definition) is 13. The summed E-state index contributed by atoms with van der Waals surface area (Å²) in [7, 11) is 2.96. The molecule has 6 aromatic carbocycles. The molecule has 0 spiro atoms. The third-order valence-electron chi connectivity index (χ3n) is 15.0. The standard InChI is InChI=1S/C28H34ClNO4.C24H24ClNO5.C24H28ClNO3/c1-17-15-22-21(14-9-18(2)30(22)32)25(19-10-12-20(29)13-11-19)24(17)23(34-28(6,7)8)16-33-26(31)27(3,4)5;1-13-12-18-16(10-11-17(26-18)23(29)30-5)20(14-6-8-15(25)9-7-14)19(13)21(22(27)28)31-24(2,3)4;1-15-12-20-19(11-10-18(26-20)14-28-5)23(16-6-8-17(25)9-7-16)22(15)21(13-27)29-24(2,3)4/h9-15,23H,16H2,1-8H3;6-12,21H,1-5H3,(H,27,28);6-12,21,27H,13-14H2,1-5H3/t23-;2*21-/m101/s1. The first kappa shape index (κ1) is 73.8. The second-order valence-corrected chi connectivity index (χ2v) is 28.5. The molecule has 15 nitrogen and oxygen atoms in total. The molecule has 3 aromatic heterocycles. The summed E-state index contributed by atoms with van der Waals surface area (Å²) in [5, 5.41) is 37.5. The molecule has 0 aliphatic rings. The fourth-order valence-corrected chi connectivity index (χ4v) is 11.5. The molecule has 3 atom stereocenters. The zero-order valence-electron chi connectivity index (χ0n) is 56.9. The van der Waals surface area contributed by atoms with Gasteiger partial charge in [0.25, 0.3) is 0 Å². The van der Waals surface area contributed by atoms with E-state index in [-0.39, 0.29) is 24.9 Å². The highest BCUT2D eigenvalue weighted by molar-refractivity contribution is 6.31. The number of aliphatic hydroxyl groups excluding tert-OH is 1. The van der Waals surface area contributed by atoms with Crippen molar-refractivity contribution in [1.82, 2.24) is 9.97 Å². The van der Waals surface area contributed by atoms with Gasteiger partial charge in [-0.25, -0.2) is 14.6 Å². The Morgan fingerprint density at radius 3 is 1.43 bits per heavy atom. The van der Waals surface area contributed by atoms with Gasteiger partial charge in [-0.2, -0.15) is 4.73 Å². The van der Waals surface area contributed by atoms with E-state index in [4.69, 9.17) is 68.2 Å². The van der Waals surface area contributed by atoms with Gasteiger partial charge in [0.2, 0.25) is 5.52 Å². The number of pyridine rings is 3. The molecule has 2 N–H and O–H groups in total. The number of carboxylic acid groups (broad SMARTS) is 1. The molecule has 0 bridgehead atoms. The summed E-state index contributed by atoms with van der Waals surface area (Å²) >= 11 is 18.4. The normalized spacial score (nSPS) is 13.0. The number of esters is 2. The van der Waals surface area contributed by atoms with E-state index in [2.05, 4.69) is 17.1 Å². The second-order valence-electron chi connectivity index (χ2n) is 27.1. The molecular weight excluding hydrogens is 1250 g/mol. The fraction of sp³-hybridized carbons (Fsp3) is 0.368. The highest BCUT2D eigenvalue weighted by Crippen LogP contribution is 2.44. The van der Waals surface area contributed by atoms with Crippen LogP contribution in [0.3, 0.4) is 0 Å². The Balaban J connectivity index is 0.000000200. The lowest BCUT2D eigenvalue weighted by Gasteiger charge is -2.31. The zero-order chi connectivity index (χ0) is 69.5. The van der Waals surface area contributed by atoms with Crippen molar-refractivity contribution in [3.8, 4) is 33.4 Å². The smallest absolute Gasteiger partial charge is 0.356 e. The van der Waals surface area contributed by atoms with E-state index in [0.717, 1.165) is 76.8 Å². The quantitative estimate of drug-likeness (QED) is 0.0526. The van der Waals surface area contributed by atoms with E-state index in [1.165, 1.54) is 7.11 Å². The molecule has 94 heavy (non-hydrogen) atoms. The Bertz CT molecular complexity index is 4210. The predicted molar refractivity (Wildman–Crippen MR) is 375 cm³/mol. The maximum absolute atomic E-state index is 12.9. The van der Waals surface area contributed by atoms with Crippen molar-refractivity contribution in [1.29, 1.82) is 0 Å². The lowest BCUT2D eigenvalue weighted by atomic mass is 9.88. The second kappa shape index (κ2) is 30.4. The molecular formula is C76H86Cl3N3O12. The number of halogens is 3. The fourth-order valence-electron chi connectivity index (χ4n) is 11.1. The van der Waals surface area contributed by atoms with Crippen LogP contribution in [0.1, 0.15) is 157 Å². The van der Waals surface area contributed by atoms with Gasteiger partial charge in [-0.15, -0.1) is 0 Å².